The van der Waals surface area contributed by atoms with Gasteiger partial charge in [-0.1, -0.05) is 43.9 Å². The minimum atomic E-state index is -0.225. The maximum atomic E-state index is 11.8. The van der Waals surface area contributed by atoms with Gasteiger partial charge in [0, 0.05) is 24.7 Å². The maximum absolute atomic E-state index is 11.8. The van der Waals surface area contributed by atoms with Crippen LogP contribution in [-0.4, -0.2) is 37.5 Å². The Balaban J connectivity index is 1.55. The van der Waals surface area contributed by atoms with Crippen molar-refractivity contribution in [3.63, 3.8) is 0 Å². The first kappa shape index (κ1) is 17.5. The molecule has 5 nitrogen and oxygen atoms in total. The summed E-state index contributed by atoms with van der Waals surface area (Å²) in [5.74, 6) is -0.380. The van der Waals surface area contributed by atoms with Crippen LogP contribution in [-0.2, 0) is 4.79 Å². The van der Waals surface area contributed by atoms with Crippen LogP contribution in [0.5, 0.6) is 0 Å². The van der Waals surface area contributed by atoms with E-state index in [4.69, 9.17) is 0 Å². The predicted octanol–water partition coefficient (Wildman–Crippen LogP) is 1.84. The summed E-state index contributed by atoms with van der Waals surface area (Å²) in [6, 6.07) is 9.49. The highest BCUT2D eigenvalue weighted by molar-refractivity contribution is 5.96. The minimum absolute atomic E-state index is 0.0111. The molecule has 2 rings (SSSR count). The molecule has 2 amide bonds. The van der Waals surface area contributed by atoms with Crippen molar-refractivity contribution in [2.45, 2.75) is 44.6 Å². The molecule has 126 valence electrons. The molecule has 1 aromatic rings. The van der Waals surface area contributed by atoms with Gasteiger partial charge in [0.25, 0.3) is 5.91 Å². The molecule has 0 atom stereocenters. The van der Waals surface area contributed by atoms with Gasteiger partial charge in [-0.05, 0) is 25.0 Å². The van der Waals surface area contributed by atoms with Crippen molar-refractivity contribution < 1.29 is 9.59 Å². The van der Waals surface area contributed by atoms with Gasteiger partial charge >= 0.3 is 0 Å². The van der Waals surface area contributed by atoms with Gasteiger partial charge in [0.15, 0.2) is 0 Å². The van der Waals surface area contributed by atoms with Crippen LogP contribution in [0.4, 0.5) is 0 Å². The molecule has 0 bridgehead atoms. The van der Waals surface area contributed by atoms with E-state index in [0.29, 0.717) is 18.2 Å². The lowest BCUT2D eigenvalue weighted by Crippen LogP contribution is -2.41. The molecule has 5 heteroatoms. The first-order chi connectivity index (χ1) is 11.3. The molecular formula is C18H27N3O2. The highest BCUT2D eigenvalue weighted by atomic mass is 16.2. The van der Waals surface area contributed by atoms with Crippen LogP contribution in [0.2, 0.25) is 0 Å². The van der Waals surface area contributed by atoms with Crippen molar-refractivity contribution >= 4 is 11.8 Å². The van der Waals surface area contributed by atoms with Gasteiger partial charge in [-0.3, -0.25) is 9.59 Å². The molecule has 1 aliphatic carbocycles. The summed E-state index contributed by atoms with van der Waals surface area (Å²) in [6.07, 6.45) is 7.76. The lowest BCUT2D eigenvalue weighted by atomic mass is 10.1. The number of nitrogens with one attached hydrogen (secondary N) is 3. The number of hydrogen-bond donors (Lipinski definition) is 3. The van der Waals surface area contributed by atoms with Gasteiger partial charge in [-0.2, -0.15) is 0 Å². The van der Waals surface area contributed by atoms with E-state index in [2.05, 4.69) is 16.0 Å². The molecule has 0 radical (unpaired) electrons. The summed E-state index contributed by atoms with van der Waals surface area (Å²) in [6.45, 7) is 1.39. The molecule has 1 fully saturated rings. The lowest BCUT2D eigenvalue weighted by molar-refractivity contribution is -0.120. The van der Waals surface area contributed by atoms with Crippen LogP contribution < -0.4 is 16.0 Å². The van der Waals surface area contributed by atoms with E-state index in [-0.39, 0.29) is 18.4 Å². The molecule has 0 aromatic heterocycles. The van der Waals surface area contributed by atoms with Crippen LogP contribution in [0.25, 0.3) is 0 Å². The third-order valence-corrected chi connectivity index (χ3v) is 4.18. The second kappa shape index (κ2) is 10.0. The number of carbonyl (C=O) groups excluding carboxylic acids is 2. The summed E-state index contributed by atoms with van der Waals surface area (Å²) in [4.78, 5) is 23.5. The van der Waals surface area contributed by atoms with Gasteiger partial charge in [0.2, 0.25) is 5.91 Å². The van der Waals surface area contributed by atoms with E-state index in [0.717, 1.165) is 6.54 Å². The van der Waals surface area contributed by atoms with Crippen LogP contribution in [0.15, 0.2) is 30.3 Å². The highest BCUT2D eigenvalue weighted by Gasteiger charge is 2.11. The number of carbonyl (C=O) groups is 2. The zero-order chi connectivity index (χ0) is 16.3. The topological polar surface area (TPSA) is 70.2 Å². The van der Waals surface area contributed by atoms with Gasteiger partial charge in [0.05, 0.1) is 6.54 Å². The summed E-state index contributed by atoms with van der Waals surface area (Å²) in [7, 11) is 0. The quantitative estimate of drug-likeness (QED) is 0.531. The fourth-order valence-electron chi connectivity index (χ4n) is 2.88. The lowest BCUT2D eigenvalue weighted by Gasteiger charge is -2.16. The maximum Gasteiger partial charge on any atom is 0.251 e. The molecule has 1 saturated carbocycles. The van der Waals surface area contributed by atoms with Crippen molar-refractivity contribution in [1.29, 1.82) is 0 Å². The van der Waals surface area contributed by atoms with Crippen LogP contribution >= 0.6 is 0 Å². The van der Waals surface area contributed by atoms with E-state index in [1.807, 2.05) is 6.07 Å². The smallest absolute Gasteiger partial charge is 0.251 e. The average molecular weight is 317 g/mol. The second-order valence-corrected chi connectivity index (χ2v) is 6.04. The van der Waals surface area contributed by atoms with Crippen molar-refractivity contribution in [1.82, 2.24) is 16.0 Å². The Morgan fingerprint density at radius 2 is 1.61 bits per heavy atom. The van der Waals surface area contributed by atoms with E-state index >= 15 is 0 Å². The molecule has 23 heavy (non-hydrogen) atoms. The Labute approximate surface area is 138 Å². The van der Waals surface area contributed by atoms with E-state index in [9.17, 15) is 9.59 Å². The van der Waals surface area contributed by atoms with E-state index in [1.165, 1.54) is 38.5 Å². The van der Waals surface area contributed by atoms with Crippen LogP contribution in [0, 0.1) is 0 Å². The number of rotatable bonds is 7. The molecule has 3 N–H and O–H groups in total. The van der Waals surface area contributed by atoms with Gasteiger partial charge in [-0.15, -0.1) is 0 Å². The minimum Gasteiger partial charge on any atom is -0.353 e. The van der Waals surface area contributed by atoms with E-state index < -0.39 is 0 Å². The molecular weight excluding hydrogens is 290 g/mol. The number of hydrogen-bond acceptors (Lipinski definition) is 3. The van der Waals surface area contributed by atoms with Crippen LogP contribution in [0.3, 0.4) is 0 Å². The normalized spacial score (nSPS) is 15.7. The summed E-state index contributed by atoms with van der Waals surface area (Å²) in [5, 5.41) is 8.96. The number of benzene rings is 1. The molecule has 0 unspecified atom stereocenters. The first-order valence-corrected chi connectivity index (χ1v) is 8.59. The zero-order valence-corrected chi connectivity index (χ0v) is 13.6. The third kappa shape index (κ3) is 6.82. The standard InChI is InChI=1S/C18H27N3O2/c22-17(14-21-18(23)15-8-4-3-5-9-15)20-13-12-19-16-10-6-1-2-7-11-16/h3-5,8-9,16,19H,1-2,6-7,10-14H2,(H,20,22)(H,21,23). The molecule has 0 spiro atoms. The monoisotopic (exact) mass is 317 g/mol. The average Bonchev–Trinajstić information content (AvgIpc) is 2.86. The van der Waals surface area contributed by atoms with Crippen molar-refractivity contribution in [2.24, 2.45) is 0 Å². The fourth-order valence-corrected chi connectivity index (χ4v) is 2.88. The SMILES string of the molecule is O=C(CNC(=O)c1ccccc1)NCCNC1CCCCCC1. The Bertz CT molecular complexity index is 482. The Morgan fingerprint density at radius 1 is 0.913 bits per heavy atom. The predicted molar refractivity (Wildman–Crippen MR) is 91.3 cm³/mol. The molecule has 0 aliphatic heterocycles. The van der Waals surface area contributed by atoms with Gasteiger partial charge < -0.3 is 16.0 Å². The largest absolute Gasteiger partial charge is 0.353 e. The summed E-state index contributed by atoms with van der Waals surface area (Å²) >= 11 is 0. The third-order valence-electron chi connectivity index (χ3n) is 4.18. The molecule has 1 aromatic carbocycles. The first-order valence-electron chi connectivity index (χ1n) is 8.59. The summed E-state index contributed by atoms with van der Waals surface area (Å²) < 4.78 is 0. The summed E-state index contributed by atoms with van der Waals surface area (Å²) in [5.41, 5.74) is 0.565. The van der Waals surface area contributed by atoms with Crippen molar-refractivity contribution in [3.05, 3.63) is 35.9 Å². The molecule has 0 saturated heterocycles. The van der Waals surface area contributed by atoms with E-state index in [1.54, 1.807) is 24.3 Å². The van der Waals surface area contributed by atoms with Crippen molar-refractivity contribution in [3.8, 4) is 0 Å². The number of amides is 2. The molecule has 0 heterocycles. The van der Waals surface area contributed by atoms with Crippen molar-refractivity contribution in [2.75, 3.05) is 19.6 Å². The van der Waals surface area contributed by atoms with Gasteiger partial charge in [0.1, 0.15) is 0 Å². The fraction of sp³-hybridized carbons (Fsp3) is 0.556. The Kier molecular flexibility index (Phi) is 7.60. The Hall–Kier alpha value is -1.88. The van der Waals surface area contributed by atoms with Crippen LogP contribution in [0.1, 0.15) is 48.9 Å². The highest BCUT2D eigenvalue weighted by Crippen LogP contribution is 2.16. The Morgan fingerprint density at radius 3 is 2.30 bits per heavy atom. The molecule has 1 aliphatic rings. The zero-order valence-electron chi connectivity index (χ0n) is 13.6. The van der Waals surface area contributed by atoms with Gasteiger partial charge in [-0.25, -0.2) is 0 Å². The second-order valence-electron chi connectivity index (χ2n) is 6.04.